The lowest BCUT2D eigenvalue weighted by Crippen LogP contribution is -2.24. The molecule has 3 aromatic rings. The maximum absolute atomic E-state index is 12.0. The molecule has 0 saturated carbocycles. The third-order valence-electron chi connectivity index (χ3n) is 4.18. The van der Waals surface area contributed by atoms with Crippen LogP contribution in [-0.2, 0) is 17.0 Å². The first-order valence-corrected chi connectivity index (χ1v) is 9.66. The van der Waals surface area contributed by atoms with Gasteiger partial charge in [0.1, 0.15) is 11.5 Å². The highest BCUT2D eigenvalue weighted by atomic mass is 35.5. The lowest BCUT2D eigenvalue weighted by atomic mass is 10.1. The largest absolute Gasteiger partial charge is 0.376 e. The van der Waals surface area contributed by atoms with Crippen molar-refractivity contribution >= 4 is 23.4 Å². The summed E-state index contributed by atoms with van der Waals surface area (Å²) in [6.45, 7) is 1.27. The summed E-state index contributed by atoms with van der Waals surface area (Å²) in [5, 5.41) is 12.0. The molecule has 1 N–H and O–H groups in total. The number of thioether (sulfide) groups is 1. The van der Waals surface area contributed by atoms with Gasteiger partial charge >= 0.3 is 5.69 Å². The average Bonchev–Trinajstić information content (AvgIpc) is 3.38. The van der Waals surface area contributed by atoms with Crippen molar-refractivity contribution in [2.75, 3.05) is 6.61 Å². The number of hydrogen-bond acceptors (Lipinski definition) is 6. The van der Waals surface area contributed by atoms with Crippen LogP contribution in [0.2, 0.25) is 5.02 Å². The fourth-order valence-electron chi connectivity index (χ4n) is 2.84. The Morgan fingerprint density at radius 1 is 1.35 bits per heavy atom. The zero-order valence-electron chi connectivity index (χ0n) is 13.9. The van der Waals surface area contributed by atoms with E-state index in [4.69, 9.17) is 20.9 Å². The molecule has 0 radical (unpaired) electrons. The van der Waals surface area contributed by atoms with E-state index in [1.807, 2.05) is 30.3 Å². The van der Waals surface area contributed by atoms with Gasteiger partial charge in [0.25, 0.3) is 0 Å². The predicted molar refractivity (Wildman–Crippen MR) is 98.3 cm³/mol. The summed E-state index contributed by atoms with van der Waals surface area (Å²) in [5.41, 5.74) is 1.46. The van der Waals surface area contributed by atoms with Crippen LogP contribution in [0.5, 0.6) is 0 Å². The summed E-state index contributed by atoms with van der Waals surface area (Å²) in [7, 11) is 0. The van der Waals surface area contributed by atoms with Gasteiger partial charge in [0, 0.05) is 23.3 Å². The van der Waals surface area contributed by atoms with Crippen LogP contribution in [0, 0.1) is 0 Å². The molecule has 4 rings (SSSR count). The van der Waals surface area contributed by atoms with Gasteiger partial charge in [-0.15, -0.1) is 5.10 Å². The molecule has 1 atom stereocenters. The van der Waals surface area contributed by atoms with Crippen molar-refractivity contribution < 1.29 is 9.26 Å². The molecule has 1 unspecified atom stereocenters. The molecule has 2 aromatic heterocycles. The monoisotopic (exact) mass is 392 g/mol. The molecule has 26 heavy (non-hydrogen) atoms. The summed E-state index contributed by atoms with van der Waals surface area (Å²) in [4.78, 5) is 12.0. The highest BCUT2D eigenvalue weighted by molar-refractivity contribution is 7.98. The van der Waals surface area contributed by atoms with E-state index < -0.39 is 0 Å². The fraction of sp³-hybridized carbons (Fsp3) is 0.353. The molecule has 0 spiro atoms. The number of halogens is 1. The summed E-state index contributed by atoms with van der Waals surface area (Å²) in [5.74, 6) is 1.23. The topological polar surface area (TPSA) is 85.9 Å². The van der Waals surface area contributed by atoms with Crippen LogP contribution >= 0.6 is 23.4 Å². The molecular formula is C17H17ClN4O3S. The standard InChI is InChI=1S/C17H17ClN4O3S/c18-12-5-3-11(4-6-12)15-8-14(25-21-15)10-26-17-20-19-16(23)22(17)9-13-2-1-7-24-13/h3-6,8,13H,1-2,7,9-10H2,(H,19,23). The van der Waals surface area contributed by atoms with E-state index in [1.54, 1.807) is 4.57 Å². The Balaban J connectivity index is 1.43. The van der Waals surface area contributed by atoms with Crippen LogP contribution in [0.15, 0.2) is 44.8 Å². The van der Waals surface area contributed by atoms with Crippen molar-refractivity contribution in [2.24, 2.45) is 0 Å². The first-order valence-electron chi connectivity index (χ1n) is 8.30. The number of aromatic amines is 1. The molecule has 7 nitrogen and oxygen atoms in total. The number of rotatable bonds is 6. The van der Waals surface area contributed by atoms with Gasteiger partial charge in [-0.2, -0.15) is 0 Å². The Bertz CT molecular complexity index is 928. The van der Waals surface area contributed by atoms with E-state index in [2.05, 4.69) is 15.4 Å². The van der Waals surface area contributed by atoms with Gasteiger partial charge in [0.15, 0.2) is 5.16 Å². The van der Waals surface area contributed by atoms with E-state index in [0.717, 1.165) is 30.7 Å². The molecule has 1 aliphatic rings. The third kappa shape index (κ3) is 3.87. The minimum atomic E-state index is -0.220. The molecule has 1 aromatic carbocycles. The normalized spacial score (nSPS) is 17.0. The Kier molecular flexibility index (Phi) is 5.14. The van der Waals surface area contributed by atoms with Crippen LogP contribution in [-0.4, -0.2) is 32.6 Å². The van der Waals surface area contributed by atoms with E-state index in [-0.39, 0.29) is 11.8 Å². The molecule has 0 aliphatic carbocycles. The van der Waals surface area contributed by atoms with Crippen molar-refractivity contribution in [3.63, 3.8) is 0 Å². The molecule has 1 saturated heterocycles. The van der Waals surface area contributed by atoms with Crippen molar-refractivity contribution in [1.82, 2.24) is 19.9 Å². The van der Waals surface area contributed by atoms with Gasteiger partial charge in [-0.1, -0.05) is 40.7 Å². The zero-order valence-corrected chi connectivity index (χ0v) is 15.4. The fourth-order valence-corrected chi connectivity index (χ4v) is 3.80. The van der Waals surface area contributed by atoms with E-state index in [1.165, 1.54) is 11.8 Å². The van der Waals surface area contributed by atoms with Crippen molar-refractivity contribution in [1.29, 1.82) is 0 Å². The summed E-state index contributed by atoms with van der Waals surface area (Å²) < 4.78 is 12.6. The van der Waals surface area contributed by atoms with Gasteiger partial charge in [-0.05, 0) is 25.0 Å². The average molecular weight is 393 g/mol. The van der Waals surface area contributed by atoms with Crippen molar-refractivity contribution in [3.8, 4) is 11.3 Å². The summed E-state index contributed by atoms with van der Waals surface area (Å²) >= 11 is 7.33. The Morgan fingerprint density at radius 2 is 2.19 bits per heavy atom. The first-order chi connectivity index (χ1) is 12.7. The number of benzene rings is 1. The van der Waals surface area contributed by atoms with Gasteiger partial charge in [-0.3, -0.25) is 4.57 Å². The predicted octanol–water partition coefficient (Wildman–Crippen LogP) is 3.35. The lowest BCUT2D eigenvalue weighted by molar-refractivity contribution is 0.0941. The molecule has 0 amide bonds. The van der Waals surface area contributed by atoms with Crippen molar-refractivity contribution in [2.45, 2.75) is 36.4 Å². The van der Waals surface area contributed by atoms with E-state index in [9.17, 15) is 4.79 Å². The molecule has 9 heteroatoms. The second kappa shape index (κ2) is 7.69. The third-order valence-corrected chi connectivity index (χ3v) is 5.43. The number of ether oxygens (including phenoxy) is 1. The number of hydrogen-bond donors (Lipinski definition) is 1. The number of nitrogens with zero attached hydrogens (tertiary/aromatic N) is 3. The number of nitrogens with one attached hydrogen (secondary N) is 1. The molecule has 0 bridgehead atoms. The van der Waals surface area contributed by atoms with Gasteiger partial charge in [0.2, 0.25) is 0 Å². The molecule has 3 heterocycles. The zero-order chi connectivity index (χ0) is 17.9. The van der Waals surface area contributed by atoms with Gasteiger partial charge < -0.3 is 9.26 Å². The first kappa shape index (κ1) is 17.4. The minimum Gasteiger partial charge on any atom is -0.376 e. The Morgan fingerprint density at radius 3 is 2.96 bits per heavy atom. The Hall–Kier alpha value is -2.03. The summed E-state index contributed by atoms with van der Waals surface area (Å²) in [6.07, 6.45) is 2.07. The van der Waals surface area contributed by atoms with Crippen LogP contribution in [0.25, 0.3) is 11.3 Å². The maximum Gasteiger partial charge on any atom is 0.344 e. The molecule has 1 fully saturated rings. The van der Waals surface area contributed by atoms with Crippen molar-refractivity contribution in [3.05, 3.63) is 51.6 Å². The number of aromatic nitrogens is 4. The van der Waals surface area contributed by atoms with Crippen LogP contribution < -0.4 is 5.69 Å². The molecular weight excluding hydrogens is 376 g/mol. The highest BCUT2D eigenvalue weighted by Gasteiger charge is 2.20. The summed E-state index contributed by atoms with van der Waals surface area (Å²) in [6, 6.07) is 9.29. The number of H-pyrrole nitrogens is 1. The Labute approximate surface area is 158 Å². The van der Waals surface area contributed by atoms with Crippen LogP contribution in [0.3, 0.4) is 0 Å². The van der Waals surface area contributed by atoms with E-state index >= 15 is 0 Å². The molecule has 136 valence electrons. The SMILES string of the molecule is O=c1[nH]nc(SCc2cc(-c3ccc(Cl)cc3)no2)n1CC1CCCO1. The second-order valence-corrected chi connectivity index (χ2v) is 7.41. The quantitative estimate of drug-likeness (QED) is 0.647. The van der Waals surface area contributed by atoms with Crippen LogP contribution in [0.1, 0.15) is 18.6 Å². The van der Waals surface area contributed by atoms with Gasteiger partial charge in [0.05, 0.1) is 18.4 Å². The maximum atomic E-state index is 12.0. The lowest BCUT2D eigenvalue weighted by Gasteiger charge is -2.10. The molecule has 1 aliphatic heterocycles. The second-order valence-electron chi connectivity index (χ2n) is 6.03. The van der Waals surface area contributed by atoms with Gasteiger partial charge in [-0.25, -0.2) is 9.89 Å². The van der Waals surface area contributed by atoms with Crippen LogP contribution in [0.4, 0.5) is 0 Å². The van der Waals surface area contributed by atoms with E-state index in [0.29, 0.717) is 28.2 Å². The minimum absolute atomic E-state index is 0.0754. The highest BCUT2D eigenvalue weighted by Crippen LogP contribution is 2.25. The smallest absolute Gasteiger partial charge is 0.344 e.